The molecule has 0 aromatic heterocycles. The average Bonchev–Trinajstić information content (AvgIpc) is 2.40. The van der Waals surface area contributed by atoms with Crippen LogP contribution in [0.4, 0.5) is 0 Å². The highest BCUT2D eigenvalue weighted by atomic mass is 35.5. The molecule has 2 aliphatic heterocycles. The highest BCUT2D eigenvalue weighted by Gasteiger charge is 2.36. The summed E-state index contributed by atoms with van der Waals surface area (Å²) >= 11 is 11.5. The van der Waals surface area contributed by atoms with Gasteiger partial charge in [0.15, 0.2) is 0 Å². The molecule has 2 nitrogen and oxygen atoms in total. The summed E-state index contributed by atoms with van der Waals surface area (Å²) in [6.45, 7) is 0. The number of halogens is 1. The predicted molar refractivity (Wildman–Crippen MR) is 88.5 cm³/mol. The second-order valence-electron chi connectivity index (χ2n) is 6.05. The number of fused-ring (bicyclic) bond motifs is 2. The molecule has 108 valence electrons. The smallest absolute Gasteiger partial charge is 0.106 e. The Balaban J connectivity index is 1.63. The van der Waals surface area contributed by atoms with Gasteiger partial charge in [-0.15, -0.1) is 0 Å². The Morgan fingerprint density at radius 2 is 1.80 bits per heavy atom. The largest absolute Gasteiger partial charge is 0.373 e. The zero-order valence-electron chi connectivity index (χ0n) is 11.8. The molecule has 3 rings (SSSR count). The van der Waals surface area contributed by atoms with Crippen LogP contribution in [-0.4, -0.2) is 35.1 Å². The first-order chi connectivity index (χ1) is 9.63. The third-order valence-corrected chi connectivity index (χ3v) is 5.39. The fraction of sp³-hybridized carbons (Fsp3) is 0.562. The van der Waals surface area contributed by atoms with Crippen LogP contribution in [0.3, 0.4) is 0 Å². The Bertz CT molecular complexity index is 474. The highest BCUT2D eigenvalue weighted by molar-refractivity contribution is 7.80. The third kappa shape index (κ3) is 3.00. The first-order valence-electron chi connectivity index (χ1n) is 7.42. The van der Waals surface area contributed by atoms with E-state index in [1.165, 1.54) is 32.1 Å². The van der Waals surface area contributed by atoms with E-state index in [2.05, 4.69) is 17.3 Å². The van der Waals surface area contributed by atoms with Crippen LogP contribution in [0.15, 0.2) is 24.3 Å². The molecule has 2 unspecified atom stereocenters. The topological polar surface area (TPSA) is 15.3 Å². The molecule has 0 amide bonds. The SMILES string of the molecule is CN1C2CCCC1CC(NC(=S)c1ccc(Cl)cc1)C2. The van der Waals surface area contributed by atoms with Crippen LogP contribution in [0.2, 0.25) is 5.02 Å². The van der Waals surface area contributed by atoms with E-state index in [-0.39, 0.29) is 0 Å². The lowest BCUT2D eigenvalue weighted by Crippen LogP contribution is -2.55. The van der Waals surface area contributed by atoms with Crippen LogP contribution in [-0.2, 0) is 0 Å². The molecule has 0 saturated carbocycles. The van der Waals surface area contributed by atoms with Gasteiger partial charge in [0.2, 0.25) is 0 Å². The van der Waals surface area contributed by atoms with E-state index in [0.717, 1.165) is 27.7 Å². The fourth-order valence-corrected chi connectivity index (χ4v) is 4.03. The second-order valence-corrected chi connectivity index (χ2v) is 6.90. The van der Waals surface area contributed by atoms with Crippen molar-refractivity contribution in [2.45, 2.75) is 50.2 Å². The highest BCUT2D eigenvalue weighted by Crippen LogP contribution is 2.32. The van der Waals surface area contributed by atoms with E-state index in [0.29, 0.717) is 6.04 Å². The first kappa shape index (κ1) is 14.3. The molecular weight excluding hydrogens is 288 g/mol. The van der Waals surface area contributed by atoms with Gasteiger partial charge in [-0.3, -0.25) is 0 Å². The van der Waals surface area contributed by atoms with Crippen molar-refractivity contribution in [3.63, 3.8) is 0 Å². The van der Waals surface area contributed by atoms with Crippen molar-refractivity contribution in [1.29, 1.82) is 0 Å². The summed E-state index contributed by atoms with van der Waals surface area (Å²) in [6, 6.07) is 9.76. The van der Waals surface area contributed by atoms with Crippen molar-refractivity contribution in [1.82, 2.24) is 10.2 Å². The number of nitrogens with zero attached hydrogens (tertiary/aromatic N) is 1. The molecule has 1 aromatic rings. The average molecular weight is 309 g/mol. The Kier molecular flexibility index (Phi) is 4.29. The number of nitrogens with one attached hydrogen (secondary N) is 1. The van der Waals surface area contributed by atoms with E-state index < -0.39 is 0 Å². The Hall–Kier alpha value is -0.640. The number of piperidine rings is 2. The van der Waals surface area contributed by atoms with Crippen molar-refractivity contribution in [2.24, 2.45) is 0 Å². The molecular formula is C16H21ClN2S. The van der Waals surface area contributed by atoms with Gasteiger partial charge in [-0.2, -0.15) is 0 Å². The molecule has 1 aromatic carbocycles. The monoisotopic (exact) mass is 308 g/mol. The van der Waals surface area contributed by atoms with Crippen molar-refractivity contribution in [3.05, 3.63) is 34.9 Å². The maximum absolute atomic E-state index is 5.92. The summed E-state index contributed by atoms with van der Waals surface area (Å²) in [5.41, 5.74) is 1.06. The van der Waals surface area contributed by atoms with Crippen LogP contribution in [0, 0.1) is 0 Å². The van der Waals surface area contributed by atoms with Gasteiger partial charge >= 0.3 is 0 Å². The number of hydrogen-bond acceptors (Lipinski definition) is 2. The van der Waals surface area contributed by atoms with Gasteiger partial charge in [0.05, 0.1) is 0 Å². The van der Waals surface area contributed by atoms with E-state index in [1.807, 2.05) is 24.3 Å². The fourth-order valence-electron chi connectivity index (χ4n) is 3.60. The molecule has 1 N–H and O–H groups in total. The molecule has 0 spiro atoms. The normalized spacial score (nSPS) is 30.0. The molecule has 20 heavy (non-hydrogen) atoms. The van der Waals surface area contributed by atoms with Crippen LogP contribution in [0.25, 0.3) is 0 Å². The van der Waals surface area contributed by atoms with Gasteiger partial charge in [0, 0.05) is 28.7 Å². The van der Waals surface area contributed by atoms with Crippen molar-refractivity contribution in [3.8, 4) is 0 Å². The molecule has 2 aliphatic rings. The van der Waals surface area contributed by atoms with Crippen LogP contribution >= 0.6 is 23.8 Å². The molecule has 2 atom stereocenters. The molecule has 4 heteroatoms. The number of rotatable bonds is 2. The van der Waals surface area contributed by atoms with Crippen LogP contribution in [0.1, 0.15) is 37.7 Å². The summed E-state index contributed by atoms with van der Waals surface area (Å²) in [6.07, 6.45) is 6.47. The van der Waals surface area contributed by atoms with E-state index in [1.54, 1.807) is 0 Å². The Morgan fingerprint density at radius 3 is 2.40 bits per heavy atom. The number of benzene rings is 1. The molecule has 2 heterocycles. The minimum atomic E-state index is 0.518. The van der Waals surface area contributed by atoms with Gasteiger partial charge in [0.1, 0.15) is 4.99 Å². The minimum absolute atomic E-state index is 0.518. The molecule has 2 saturated heterocycles. The maximum Gasteiger partial charge on any atom is 0.106 e. The minimum Gasteiger partial charge on any atom is -0.373 e. The van der Waals surface area contributed by atoms with Crippen molar-refractivity contribution >= 4 is 28.8 Å². The summed E-state index contributed by atoms with van der Waals surface area (Å²) in [7, 11) is 2.28. The molecule has 0 aliphatic carbocycles. The summed E-state index contributed by atoms with van der Waals surface area (Å²) < 4.78 is 0. The Morgan fingerprint density at radius 1 is 1.20 bits per heavy atom. The van der Waals surface area contributed by atoms with Crippen molar-refractivity contribution < 1.29 is 0 Å². The van der Waals surface area contributed by atoms with Gasteiger partial charge in [0.25, 0.3) is 0 Å². The zero-order valence-corrected chi connectivity index (χ0v) is 13.4. The van der Waals surface area contributed by atoms with E-state index >= 15 is 0 Å². The van der Waals surface area contributed by atoms with Gasteiger partial charge < -0.3 is 10.2 Å². The molecule has 2 fully saturated rings. The lowest BCUT2D eigenvalue weighted by molar-refractivity contribution is 0.0530. The van der Waals surface area contributed by atoms with Gasteiger partial charge in [-0.05, 0) is 44.9 Å². The molecule has 2 bridgehead atoms. The first-order valence-corrected chi connectivity index (χ1v) is 8.20. The lowest BCUT2D eigenvalue weighted by Gasteiger charge is -2.47. The zero-order chi connectivity index (χ0) is 14.1. The lowest BCUT2D eigenvalue weighted by atomic mass is 9.82. The summed E-state index contributed by atoms with van der Waals surface area (Å²) in [4.78, 5) is 3.43. The third-order valence-electron chi connectivity index (χ3n) is 4.78. The second kappa shape index (κ2) is 6.00. The summed E-state index contributed by atoms with van der Waals surface area (Å²) in [5, 5.41) is 4.32. The Labute approximate surface area is 131 Å². The maximum atomic E-state index is 5.92. The number of thiocarbonyl (C=S) groups is 1. The van der Waals surface area contributed by atoms with E-state index in [9.17, 15) is 0 Å². The van der Waals surface area contributed by atoms with Gasteiger partial charge in [-0.1, -0.05) is 42.4 Å². The predicted octanol–water partition coefficient (Wildman–Crippen LogP) is 3.62. The standard InChI is InChI=1S/C16H21ClN2S/c1-19-14-3-2-4-15(19)10-13(9-14)18-16(20)11-5-7-12(17)8-6-11/h5-8,13-15H,2-4,9-10H2,1H3,(H,18,20). The number of hydrogen-bond donors (Lipinski definition) is 1. The van der Waals surface area contributed by atoms with Gasteiger partial charge in [-0.25, -0.2) is 0 Å². The van der Waals surface area contributed by atoms with Crippen LogP contribution in [0.5, 0.6) is 0 Å². The van der Waals surface area contributed by atoms with Crippen LogP contribution < -0.4 is 5.32 Å². The van der Waals surface area contributed by atoms with E-state index in [4.69, 9.17) is 23.8 Å². The molecule has 0 radical (unpaired) electrons. The summed E-state index contributed by atoms with van der Waals surface area (Å²) in [5.74, 6) is 0. The van der Waals surface area contributed by atoms with Crippen molar-refractivity contribution in [2.75, 3.05) is 7.05 Å². The quantitative estimate of drug-likeness (QED) is 0.840.